The molecule has 3 aromatic rings. The minimum absolute atomic E-state index is 0.569. The quantitative estimate of drug-likeness (QED) is 0.733. The maximum absolute atomic E-state index is 5.97. The second kappa shape index (κ2) is 6.87. The lowest BCUT2D eigenvalue weighted by molar-refractivity contribution is 1.15. The number of nitrogens with zero attached hydrogens (tertiary/aromatic N) is 2. The van der Waals surface area contributed by atoms with E-state index in [1.165, 1.54) is 0 Å². The van der Waals surface area contributed by atoms with Crippen LogP contribution in [0, 0.1) is 0 Å². The first-order valence-electron chi connectivity index (χ1n) is 6.88. The van der Waals surface area contributed by atoms with E-state index in [1.807, 2.05) is 72.8 Å². The summed E-state index contributed by atoms with van der Waals surface area (Å²) in [4.78, 5) is 8.69. The molecule has 0 spiro atoms. The first kappa shape index (κ1) is 14.3. The first-order valence-corrected chi connectivity index (χ1v) is 7.26. The topological polar surface area (TPSA) is 37.8 Å². The van der Waals surface area contributed by atoms with E-state index >= 15 is 0 Å². The molecule has 0 fully saturated rings. The Morgan fingerprint density at radius 1 is 0.909 bits per heavy atom. The molecule has 0 saturated carbocycles. The molecule has 2 aromatic carbocycles. The molecule has 0 aliphatic rings. The molecule has 108 valence electrons. The van der Waals surface area contributed by atoms with Crippen LogP contribution in [-0.4, -0.2) is 9.97 Å². The summed E-state index contributed by atoms with van der Waals surface area (Å²) in [6.07, 6.45) is 5.64. The Balaban J connectivity index is 1.76. The molecule has 0 aliphatic carbocycles. The van der Waals surface area contributed by atoms with Crippen LogP contribution in [0.4, 0.5) is 11.6 Å². The van der Waals surface area contributed by atoms with Gasteiger partial charge in [0.2, 0.25) is 5.95 Å². The van der Waals surface area contributed by atoms with E-state index in [0.717, 1.165) is 22.0 Å². The third kappa shape index (κ3) is 3.93. The zero-order chi connectivity index (χ0) is 15.2. The Kier molecular flexibility index (Phi) is 4.47. The zero-order valence-corrected chi connectivity index (χ0v) is 12.5. The fourth-order valence-electron chi connectivity index (χ4n) is 1.97. The Labute approximate surface area is 134 Å². The number of hydrogen-bond donors (Lipinski definition) is 1. The summed E-state index contributed by atoms with van der Waals surface area (Å²) in [7, 11) is 0. The van der Waals surface area contributed by atoms with E-state index in [1.54, 1.807) is 6.20 Å². The minimum Gasteiger partial charge on any atom is -0.324 e. The van der Waals surface area contributed by atoms with Crippen molar-refractivity contribution in [3.63, 3.8) is 0 Å². The number of aromatic nitrogens is 2. The van der Waals surface area contributed by atoms with Crippen LogP contribution in [-0.2, 0) is 0 Å². The van der Waals surface area contributed by atoms with Crippen molar-refractivity contribution in [3.8, 4) is 0 Å². The van der Waals surface area contributed by atoms with Gasteiger partial charge in [0.15, 0.2) is 0 Å². The molecular formula is C18H14ClN3. The van der Waals surface area contributed by atoms with Crippen molar-refractivity contribution in [2.24, 2.45) is 0 Å². The number of anilines is 2. The van der Waals surface area contributed by atoms with Gasteiger partial charge < -0.3 is 5.32 Å². The average molecular weight is 308 g/mol. The molecule has 1 aromatic heterocycles. The lowest BCUT2D eigenvalue weighted by Crippen LogP contribution is -1.97. The maximum atomic E-state index is 5.97. The van der Waals surface area contributed by atoms with Crippen molar-refractivity contribution in [3.05, 3.63) is 83.1 Å². The molecule has 0 aliphatic heterocycles. The molecule has 1 heterocycles. The van der Waals surface area contributed by atoms with Gasteiger partial charge in [0.25, 0.3) is 0 Å². The largest absolute Gasteiger partial charge is 0.324 e. The van der Waals surface area contributed by atoms with Gasteiger partial charge in [0.1, 0.15) is 0 Å². The van der Waals surface area contributed by atoms with Gasteiger partial charge in [-0.05, 0) is 42.0 Å². The number of hydrogen-bond acceptors (Lipinski definition) is 3. The van der Waals surface area contributed by atoms with Crippen LogP contribution < -0.4 is 5.32 Å². The molecule has 3 rings (SSSR count). The van der Waals surface area contributed by atoms with Crippen LogP contribution >= 0.6 is 11.6 Å². The number of benzene rings is 2. The Bertz CT molecular complexity index is 785. The Morgan fingerprint density at radius 2 is 1.77 bits per heavy atom. The van der Waals surface area contributed by atoms with Gasteiger partial charge in [-0.25, -0.2) is 9.97 Å². The average Bonchev–Trinajstić information content (AvgIpc) is 2.54. The van der Waals surface area contributed by atoms with Crippen LogP contribution in [0.1, 0.15) is 11.3 Å². The van der Waals surface area contributed by atoms with Crippen molar-refractivity contribution in [1.29, 1.82) is 0 Å². The lowest BCUT2D eigenvalue weighted by atomic mass is 10.2. The Hall–Kier alpha value is -2.65. The van der Waals surface area contributed by atoms with Gasteiger partial charge in [-0.1, -0.05) is 48.0 Å². The smallest absolute Gasteiger partial charge is 0.227 e. The third-order valence-corrected chi connectivity index (χ3v) is 3.24. The van der Waals surface area contributed by atoms with E-state index in [4.69, 9.17) is 11.6 Å². The number of nitrogens with one attached hydrogen (secondary N) is 1. The predicted octanol–water partition coefficient (Wildman–Crippen LogP) is 5.04. The van der Waals surface area contributed by atoms with Crippen molar-refractivity contribution in [2.75, 3.05) is 5.32 Å². The molecule has 0 saturated heterocycles. The highest BCUT2D eigenvalue weighted by atomic mass is 35.5. The fourth-order valence-corrected chi connectivity index (χ4v) is 2.17. The normalized spacial score (nSPS) is 10.8. The summed E-state index contributed by atoms with van der Waals surface area (Å²) in [5.74, 6) is 0.569. The summed E-state index contributed by atoms with van der Waals surface area (Å²) in [5.41, 5.74) is 2.82. The molecular weight excluding hydrogens is 294 g/mol. The highest BCUT2D eigenvalue weighted by molar-refractivity contribution is 6.30. The lowest BCUT2D eigenvalue weighted by Gasteiger charge is -2.04. The number of para-hydroxylation sites is 1. The van der Waals surface area contributed by atoms with Gasteiger partial charge in [0, 0.05) is 16.9 Å². The monoisotopic (exact) mass is 307 g/mol. The van der Waals surface area contributed by atoms with E-state index in [0.29, 0.717) is 5.95 Å². The van der Waals surface area contributed by atoms with Crippen molar-refractivity contribution < 1.29 is 0 Å². The van der Waals surface area contributed by atoms with Crippen LogP contribution in [0.15, 0.2) is 66.9 Å². The molecule has 4 heteroatoms. The summed E-state index contributed by atoms with van der Waals surface area (Å²) in [6.45, 7) is 0. The molecule has 0 atom stereocenters. The molecule has 0 unspecified atom stereocenters. The molecule has 22 heavy (non-hydrogen) atoms. The SMILES string of the molecule is Clc1cccc(/C=C/c2ccnc(Nc3ccccc3)n2)c1. The second-order valence-corrected chi connectivity index (χ2v) is 5.12. The molecule has 0 bridgehead atoms. The van der Waals surface area contributed by atoms with Gasteiger partial charge in [-0.2, -0.15) is 0 Å². The summed E-state index contributed by atoms with van der Waals surface area (Å²) in [6, 6.07) is 19.4. The van der Waals surface area contributed by atoms with Gasteiger partial charge in [-0.3, -0.25) is 0 Å². The second-order valence-electron chi connectivity index (χ2n) is 4.68. The van der Waals surface area contributed by atoms with Gasteiger partial charge in [0.05, 0.1) is 5.69 Å². The summed E-state index contributed by atoms with van der Waals surface area (Å²) in [5, 5.41) is 3.89. The summed E-state index contributed by atoms with van der Waals surface area (Å²) < 4.78 is 0. The van der Waals surface area contributed by atoms with Gasteiger partial charge >= 0.3 is 0 Å². The molecule has 0 radical (unpaired) electrons. The summed E-state index contributed by atoms with van der Waals surface area (Å²) >= 11 is 5.97. The van der Waals surface area contributed by atoms with E-state index < -0.39 is 0 Å². The van der Waals surface area contributed by atoms with E-state index in [9.17, 15) is 0 Å². The standard InChI is InChI=1S/C18H14ClN3/c19-15-6-4-5-14(13-15)9-10-17-11-12-20-18(22-17)21-16-7-2-1-3-8-16/h1-13H,(H,20,21,22)/b10-9+. The molecule has 1 N–H and O–H groups in total. The number of rotatable bonds is 4. The highest BCUT2D eigenvalue weighted by Crippen LogP contribution is 2.15. The van der Waals surface area contributed by atoms with Crippen molar-refractivity contribution >= 4 is 35.4 Å². The van der Waals surface area contributed by atoms with Crippen LogP contribution in [0.5, 0.6) is 0 Å². The van der Waals surface area contributed by atoms with Crippen LogP contribution in [0.3, 0.4) is 0 Å². The first-order chi connectivity index (χ1) is 10.8. The zero-order valence-electron chi connectivity index (χ0n) is 11.8. The van der Waals surface area contributed by atoms with Crippen molar-refractivity contribution in [2.45, 2.75) is 0 Å². The fraction of sp³-hybridized carbons (Fsp3) is 0. The van der Waals surface area contributed by atoms with Crippen LogP contribution in [0.2, 0.25) is 5.02 Å². The van der Waals surface area contributed by atoms with E-state index in [2.05, 4.69) is 15.3 Å². The Morgan fingerprint density at radius 3 is 2.59 bits per heavy atom. The van der Waals surface area contributed by atoms with E-state index in [-0.39, 0.29) is 0 Å². The number of halogens is 1. The highest BCUT2D eigenvalue weighted by Gasteiger charge is 1.98. The van der Waals surface area contributed by atoms with Gasteiger partial charge in [-0.15, -0.1) is 0 Å². The minimum atomic E-state index is 0.569. The molecule has 0 amide bonds. The molecule has 3 nitrogen and oxygen atoms in total. The van der Waals surface area contributed by atoms with Crippen molar-refractivity contribution in [1.82, 2.24) is 9.97 Å². The maximum Gasteiger partial charge on any atom is 0.227 e. The van der Waals surface area contributed by atoms with Crippen LogP contribution in [0.25, 0.3) is 12.2 Å². The predicted molar refractivity (Wildman–Crippen MR) is 92.1 cm³/mol. The third-order valence-electron chi connectivity index (χ3n) is 3.00.